The van der Waals surface area contributed by atoms with E-state index in [4.69, 9.17) is 45.3 Å². The number of imide groups is 1. The Kier molecular flexibility index (Phi) is 7.20. The second-order valence-electron chi connectivity index (χ2n) is 6.48. The molecule has 3 amide bonds. The van der Waals surface area contributed by atoms with Crippen LogP contribution in [0.1, 0.15) is 15.9 Å². The number of carbonyl (C=O) groups is 2. The van der Waals surface area contributed by atoms with E-state index in [9.17, 15) is 31.5 Å². The van der Waals surface area contributed by atoms with Crippen molar-refractivity contribution in [1.82, 2.24) is 10.3 Å². The Hall–Kier alpha value is -3.15. The van der Waals surface area contributed by atoms with Gasteiger partial charge in [0.25, 0.3) is 5.91 Å². The fraction of sp³-hybridized carbons (Fsp3) is 0.0500. The fourth-order valence-electron chi connectivity index (χ4n) is 2.72. The highest BCUT2D eigenvalue weighted by Crippen LogP contribution is 2.42. The second-order valence-corrected chi connectivity index (χ2v) is 7.70. The molecule has 0 saturated heterocycles. The van der Waals surface area contributed by atoms with E-state index in [2.05, 4.69) is 4.98 Å². The average molecular weight is 541 g/mol. The molecule has 0 fully saturated rings. The van der Waals surface area contributed by atoms with Gasteiger partial charge in [0.1, 0.15) is 22.2 Å². The molecule has 0 unspecified atom stereocenters. The van der Waals surface area contributed by atoms with Crippen molar-refractivity contribution in [3.63, 3.8) is 0 Å². The molecule has 0 saturated carbocycles. The molecule has 178 valence electrons. The molecule has 6 nitrogen and oxygen atoms in total. The summed E-state index contributed by atoms with van der Waals surface area (Å²) in [6.07, 6.45) is -4.19. The number of aromatic nitrogens is 1. The van der Waals surface area contributed by atoms with Crippen molar-refractivity contribution in [3.05, 3.63) is 74.4 Å². The van der Waals surface area contributed by atoms with Crippen LogP contribution in [0.3, 0.4) is 0 Å². The Balaban J connectivity index is 2.00. The zero-order valence-corrected chi connectivity index (χ0v) is 18.5. The third-order valence-electron chi connectivity index (χ3n) is 4.20. The van der Waals surface area contributed by atoms with Crippen LogP contribution in [-0.4, -0.2) is 16.9 Å². The van der Waals surface area contributed by atoms with Gasteiger partial charge in [0.2, 0.25) is 5.88 Å². The molecule has 1 heterocycles. The Labute approximate surface area is 202 Å². The number of alkyl halides is 3. The van der Waals surface area contributed by atoms with Crippen molar-refractivity contribution in [3.8, 4) is 22.8 Å². The largest absolute Gasteiger partial charge is 0.434 e. The number of benzene rings is 2. The number of halogens is 8. The van der Waals surface area contributed by atoms with Gasteiger partial charge < -0.3 is 10.5 Å². The number of nitrogens with zero attached hydrogens (tertiary/aromatic N) is 1. The van der Waals surface area contributed by atoms with E-state index in [1.54, 1.807) is 5.32 Å². The molecule has 0 atom stereocenters. The number of nitrogens with one attached hydrogen (secondary N) is 1. The lowest BCUT2D eigenvalue weighted by atomic mass is 10.0. The van der Waals surface area contributed by atoms with E-state index < -0.39 is 51.8 Å². The molecular formula is C20H9Cl3F5N3O3. The summed E-state index contributed by atoms with van der Waals surface area (Å²) in [5.41, 5.74) is 2.26. The average Bonchev–Trinajstić information content (AvgIpc) is 2.70. The Bertz CT molecular complexity index is 1300. The summed E-state index contributed by atoms with van der Waals surface area (Å²) in [4.78, 5) is 26.3. The molecule has 0 aliphatic carbocycles. The molecular weight excluding hydrogens is 532 g/mol. The molecule has 0 bridgehead atoms. The second kappa shape index (κ2) is 9.61. The van der Waals surface area contributed by atoms with E-state index in [1.807, 2.05) is 0 Å². The van der Waals surface area contributed by atoms with Gasteiger partial charge in [-0.05, 0) is 35.9 Å². The predicted octanol–water partition coefficient (Wildman–Crippen LogP) is 6.61. The Morgan fingerprint density at radius 3 is 2.15 bits per heavy atom. The summed E-state index contributed by atoms with van der Waals surface area (Å²) in [5, 5.41) is 0.583. The molecule has 3 N–H and O–H groups in total. The minimum atomic E-state index is -4.68. The quantitative estimate of drug-likeness (QED) is 0.364. The molecule has 0 aliphatic rings. The maximum absolute atomic E-state index is 14.9. The van der Waals surface area contributed by atoms with E-state index in [1.165, 1.54) is 0 Å². The number of ether oxygens (including phenoxy) is 1. The molecule has 34 heavy (non-hydrogen) atoms. The van der Waals surface area contributed by atoms with Crippen molar-refractivity contribution in [2.45, 2.75) is 6.18 Å². The van der Waals surface area contributed by atoms with Crippen LogP contribution in [0.25, 0.3) is 11.1 Å². The van der Waals surface area contributed by atoms with Crippen LogP contribution in [0.2, 0.25) is 15.1 Å². The highest BCUT2D eigenvalue weighted by atomic mass is 35.5. The zero-order valence-electron chi connectivity index (χ0n) is 16.2. The van der Waals surface area contributed by atoms with Crippen LogP contribution < -0.4 is 15.8 Å². The first kappa shape index (κ1) is 25.5. The zero-order chi connectivity index (χ0) is 25.4. The van der Waals surface area contributed by atoms with Crippen molar-refractivity contribution in [2.75, 3.05) is 0 Å². The smallest absolute Gasteiger partial charge is 0.417 e. The lowest BCUT2D eigenvalue weighted by Gasteiger charge is -2.14. The Morgan fingerprint density at radius 1 is 1.00 bits per heavy atom. The SMILES string of the molecule is NC(=O)NC(=O)c1c(F)ccc(-c2cc(Cl)c(Oc3ncc(C(F)(F)F)cc3Cl)c(Cl)c2)c1F. The van der Waals surface area contributed by atoms with Gasteiger partial charge in [0.15, 0.2) is 5.75 Å². The monoisotopic (exact) mass is 539 g/mol. The number of hydrogen-bond donors (Lipinski definition) is 2. The van der Waals surface area contributed by atoms with Crippen molar-refractivity contribution < 1.29 is 36.3 Å². The van der Waals surface area contributed by atoms with Crippen LogP contribution in [0, 0.1) is 11.6 Å². The van der Waals surface area contributed by atoms with Crippen LogP contribution in [-0.2, 0) is 6.18 Å². The standard InChI is InChI=1S/C20H9Cl3F5N3O3/c21-10-3-7(9-1-2-13(24)14(15(9)25)17(32)31-19(29)33)4-11(22)16(10)34-18-12(23)5-8(6-30-18)20(26,27)28/h1-6H,(H3,29,31,32,33). The van der Waals surface area contributed by atoms with Crippen LogP contribution >= 0.6 is 34.8 Å². The summed E-state index contributed by atoms with van der Waals surface area (Å²) >= 11 is 18.1. The van der Waals surface area contributed by atoms with Crippen molar-refractivity contribution in [1.29, 1.82) is 0 Å². The van der Waals surface area contributed by atoms with Crippen molar-refractivity contribution in [2.24, 2.45) is 5.73 Å². The number of amides is 3. The minimum Gasteiger partial charge on any atom is -0.434 e. The number of primary amides is 1. The third-order valence-corrected chi connectivity index (χ3v) is 5.03. The third kappa shape index (κ3) is 5.32. The molecule has 3 aromatic rings. The lowest BCUT2D eigenvalue weighted by Crippen LogP contribution is -2.36. The molecule has 1 aromatic heterocycles. The summed E-state index contributed by atoms with van der Waals surface area (Å²) in [6, 6.07) is 3.29. The van der Waals surface area contributed by atoms with E-state index in [-0.39, 0.29) is 26.9 Å². The normalized spacial score (nSPS) is 11.3. The summed E-state index contributed by atoms with van der Waals surface area (Å²) in [6.45, 7) is 0. The first-order chi connectivity index (χ1) is 15.8. The van der Waals surface area contributed by atoms with E-state index in [0.717, 1.165) is 24.3 Å². The number of rotatable bonds is 4. The van der Waals surface area contributed by atoms with E-state index >= 15 is 0 Å². The molecule has 0 radical (unpaired) electrons. The van der Waals surface area contributed by atoms with Gasteiger partial charge in [0.05, 0.1) is 15.6 Å². The van der Waals surface area contributed by atoms with Crippen molar-refractivity contribution >= 4 is 46.7 Å². The minimum absolute atomic E-state index is 0.0283. The number of urea groups is 1. The van der Waals surface area contributed by atoms with Crippen LogP contribution in [0.15, 0.2) is 36.5 Å². The number of carbonyl (C=O) groups excluding carboxylic acids is 2. The first-order valence-electron chi connectivity index (χ1n) is 8.78. The molecule has 14 heteroatoms. The van der Waals surface area contributed by atoms with Gasteiger partial charge in [-0.1, -0.05) is 34.8 Å². The number of pyridine rings is 1. The topological polar surface area (TPSA) is 94.3 Å². The van der Waals surface area contributed by atoms with Gasteiger partial charge in [-0.25, -0.2) is 18.6 Å². The molecule has 2 aromatic carbocycles. The van der Waals surface area contributed by atoms with Gasteiger partial charge in [-0.15, -0.1) is 0 Å². The summed E-state index contributed by atoms with van der Waals surface area (Å²) < 4.78 is 72.6. The van der Waals surface area contributed by atoms with Gasteiger partial charge in [0, 0.05) is 11.8 Å². The fourth-order valence-corrected chi connectivity index (χ4v) is 3.49. The molecule has 3 rings (SSSR count). The van der Waals surface area contributed by atoms with Crippen LogP contribution in [0.4, 0.5) is 26.7 Å². The number of hydrogen-bond acceptors (Lipinski definition) is 4. The maximum atomic E-state index is 14.9. The highest BCUT2D eigenvalue weighted by molar-refractivity contribution is 6.37. The van der Waals surface area contributed by atoms with Crippen LogP contribution in [0.5, 0.6) is 11.6 Å². The first-order valence-corrected chi connectivity index (χ1v) is 9.91. The maximum Gasteiger partial charge on any atom is 0.417 e. The number of nitrogens with two attached hydrogens (primary N) is 1. The molecule has 0 spiro atoms. The van der Waals surface area contributed by atoms with E-state index in [0.29, 0.717) is 12.3 Å². The van der Waals surface area contributed by atoms with Gasteiger partial charge in [-0.2, -0.15) is 13.2 Å². The summed E-state index contributed by atoms with van der Waals surface area (Å²) in [7, 11) is 0. The van der Waals surface area contributed by atoms with Gasteiger partial charge in [-0.3, -0.25) is 10.1 Å². The molecule has 0 aliphatic heterocycles. The summed E-state index contributed by atoms with van der Waals surface area (Å²) in [5.74, 6) is -4.73. The van der Waals surface area contributed by atoms with Gasteiger partial charge >= 0.3 is 12.2 Å². The lowest BCUT2D eigenvalue weighted by molar-refractivity contribution is -0.137. The highest BCUT2D eigenvalue weighted by Gasteiger charge is 2.32. The Morgan fingerprint density at radius 2 is 1.62 bits per heavy atom. The predicted molar refractivity (Wildman–Crippen MR) is 113 cm³/mol.